The summed E-state index contributed by atoms with van der Waals surface area (Å²) in [7, 11) is 0. The fourth-order valence-corrected chi connectivity index (χ4v) is 6.23. The van der Waals surface area contributed by atoms with Crippen LogP contribution in [-0.4, -0.2) is 62.7 Å². The van der Waals surface area contributed by atoms with Crippen molar-refractivity contribution in [1.82, 2.24) is 15.5 Å². The summed E-state index contributed by atoms with van der Waals surface area (Å²) in [4.78, 5) is 41.7. The van der Waals surface area contributed by atoms with Crippen molar-refractivity contribution in [3.63, 3.8) is 0 Å². The number of aliphatic hydroxyl groups is 1. The number of hydrogen-bond acceptors (Lipinski definition) is 7. The summed E-state index contributed by atoms with van der Waals surface area (Å²) in [6.07, 6.45) is -0.198. The fourth-order valence-electron chi connectivity index (χ4n) is 5.07. The van der Waals surface area contributed by atoms with Gasteiger partial charge in [-0.3, -0.25) is 14.4 Å². The maximum absolute atomic E-state index is 13.7. The van der Waals surface area contributed by atoms with Crippen LogP contribution in [0.25, 0.3) is 0 Å². The molecule has 1 heterocycles. The van der Waals surface area contributed by atoms with Crippen LogP contribution >= 0.6 is 11.8 Å². The number of rotatable bonds is 11. The van der Waals surface area contributed by atoms with Crippen LogP contribution in [0.3, 0.4) is 0 Å². The first-order valence-corrected chi connectivity index (χ1v) is 15.2. The zero-order chi connectivity index (χ0) is 30.2. The molecule has 3 atom stereocenters. The molecule has 0 saturated carbocycles. The molecule has 0 spiro atoms. The number of thioether (sulfide) groups is 1. The number of phenolic OH excluding ortho intramolecular Hbond substituents is 1. The zero-order valence-electron chi connectivity index (χ0n) is 23.9. The Bertz CT molecular complexity index is 1420. The molecule has 0 aliphatic carbocycles. The van der Waals surface area contributed by atoms with Crippen molar-refractivity contribution >= 4 is 35.2 Å². The van der Waals surface area contributed by atoms with Crippen LogP contribution in [0, 0.1) is 6.92 Å². The van der Waals surface area contributed by atoms with E-state index in [0.717, 1.165) is 23.1 Å². The number of carbonyl (C=O) groups excluding carboxylic acids is 3. The minimum Gasteiger partial charge on any atom is -0.508 e. The van der Waals surface area contributed by atoms with Crippen molar-refractivity contribution in [2.24, 2.45) is 0 Å². The van der Waals surface area contributed by atoms with Crippen LogP contribution in [0.4, 0.5) is 5.69 Å². The molecule has 0 bridgehead atoms. The molecule has 0 unspecified atom stereocenters. The lowest BCUT2D eigenvalue weighted by Crippen LogP contribution is -2.56. The van der Waals surface area contributed by atoms with E-state index in [2.05, 4.69) is 10.6 Å². The molecule has 42 heavy (non-hydrogen) atoms. The number of nitrogen functional groups attached to an aromatic ring is 1. The Kier molecular flexibility index (Phi) is 10.5. The highest BCUT2D eigenvalue weighted by atomic mass is 32.2. The summed E-state index contributed by atoms with van der Waals surface area (Å²) in [6, 6.07) is 17.8. The van der Waals surface area contributed by atoms with Crippen LogP contribution in [0.2, 0.25) is 0 Å². The smallest absolute Gasteiger partial charge is 0.254 e. The average molecular weight is 591 g/mol. The molecule has 0 aromatic heterocycles. The fraction of sp³-hybridized carbons (Fsp3) is 0.344. The minimum atomic E-state index is -1.61. The van der Waals surface area contributed by atoms with Crippen LogP contribution in [-0.2, 0) is 29.0 Å². The number of aromatic hydroxyl groups is 1. The van der Waals surface area contributed by atoms with Crippen molar-refractivity contribution in [1.29, 1.82) is 0 Å². The van der Waals surface area contributed by atoms with E-state index in [1.807, 2.05) is 56.3 Å². The van der Waals surface area contributed by atoms with Gasteiger partial charge in [0.1, 0.15) is 11.8 Å². The van der Waals surface area contributed by atoms with Crippen LogP contribution < -0.4 is 16.4 Å². The van der Waals surface area contributed by atoms with Crippen molar-refractivity contribution in [3.05, 3.63) is 94.5 Å². The first-order chi connectivity index (χ1) is 20.2. The lowest BCUT2D eigenvalue weighted by atomic mass is 9.97. The largest absolute Gasteiger partial charge is 0.508 e. The normalized spacial score (nSPS) is 16.1. The SMILES string of the molecule is CCCc1c(O)cccc1C(=O)N[C@@H](Cc1ccccc1)[C@H](O)C(=O)N1CSC[C@H]1C(=O)NCc1cccc(N)c1C. The van der Waals surface area contributed by atoms with Crippen molar-refractivity contribution < 1.29 is 24.6 Å². The van der Waals surface area contributed by atoms with E-state index >= 15 is 0 Å². The first-order valence-electron chi connectivity index (χ1n) is 14.0. The third kappa shape index (κ3) is 7.24. The maximum Gasteiger partial charge on any atom is 0.254 e. The molecule has 10 heteroatoms. The molecule has 0 radical (unpaired) electrons. The molecule has 1 aliphatic heterocycles. The number of nitrogens with one attached hydrogen (secondary N) is 2. The Hall–Kier alpha value is -4.02. The number of aliphatic hydroxyl groups excluding tert-OH is 1. The molecule has 4 rings (SSSR count). The van der Waals surface area contributed by atoms with Gasteiger partial charge in [0, 0.05) is 29.1 Å². The Labute approximate surface area is 250 Å². The Morgan fingerprint density at radius 2 is 1.81 bits per heavy atom. The number of nitrogens with zero attached hydrogens (tertiary/aromatic N) is 1. The highest BCUT2D eigenvalue weighted by Gasteiger charge is 2.40. The van der Waals surface area contributed by atoms with E-state index in [-0.39, 0.29) is 30.5 Å². The molecule has 6 N–H and O–H groups in total. The lowest BCUT2D eigenvalue weighted by molar-refractivity contribution is -0.146. The molecular weight excluding hydrogens is 552 g/mol. The molecule has 3 aromatic rings. The van der Waals surface area contributed by atoms with Crippen molar-refractivity contribution in [2.75, 3.05) is 17.4 Å². The predicted octanol–water partition coefficient (Wildman–Crippen LogP) is 3.16. The van der Waals surface area contributed by atoms with Gasteiger partial charge in [0.2, 0.25) is 5.91 Å². The maximum atomic E-state index is 13.7. The first kappa shape index (κ1) is 30.9. The molecular formula is C32H38N4O5S. The molecule has 1 saturated heterocycles. The Balaban J connectivity index is 1.52. The topological polar surface area (TPSA) is 145 Å². The summed E-state index contributed by atoms with van der Waals surface area (Å²) in [5.41, 5.74) is 10.0. The van der Waals surface area contributed by atoms with Crippen LogP contribution in [0.1, 0.15) is 46.0 Å². The highest BCUT2D eigenvalue weighted by Crippen LogP contribution is 2.25. The van der Waals surface area contributed by atoms with E-state index in [0.29, 0.717) is 29.0 Å². The van der Waals surface area contributed by atoms with E-state index in [1.54, 1.807) is 18.2 Å². The molecule has 3 aromatic carbocycles. The van der Waals surface area contributed by atoms with Gasteiger partial charge < -0.3 is 31.5 Å². The van der Waals surface area contributed by atoms with E-state index in [1.165, 1.54) is 22.7 Å². The molecule has 222 valence electrons. The highest BCUT2D eigenvalue weighted by molar-refractivity contribution is 7.99. The lowest BCUT2D eigenvalue weighted by Gasteiger charge is -2.30. The number of phenols is 1. The van der Waals surface area contributed by atoms with Crippen LogP contribution in [0.5, 0.6) is 5.75 Å². The summed E-state index contributed by atoms with van der Waals surface area (Å²) in [5.74, 6) is -0.799. The van der Waals surface area contributed by atoms with Gasteiger partial charge in [-0.25, -0.2) is 0 Å². The standard InChI is InChI=1S/C32H38N4O5S/c1-3-9-23-24(13-8-15-28(23)37)30(39)35-26(16-21-10-5-4-6-11-21)29(38)32(41)36-19-42-18-27(36)31(40)34-17-22-12-7-14-25(33)20(22)2/h4-8,10-15,26-27,29,37-38H,3,9,16-19,33H2,1-2H3,(H,34,40)(H,35,39)/t26-,27-,29-/m0/s1. The molecule has 1 fully saturated rings. The van der Waals surface area contributed by atoms with Gasteiger partial charge in [-0.2, -0.15) is 0 Å². The van der Waals surface area contributed by atoms with E-state index in [9.17, 15) is 24.6 Å². The van der Waals surface area contributed by atoms with Gasteiger partial charge in [0.25, 0.3) is 11.8 Å². The molecule has 3 amide bonds. The predicted molar refractivity (Wildman–Crippen MR) is 165 cm³/mol. The van der Waals surface area contributed by atoms with Gasteiger partial charge in [-0.1, -0.05) is 61.9 Å². The second kappa shape index (κ2) is 14.2. The Morgan fingerprint density at radius 3 is 2.55 bits per heavy atom. The number of amides is 3. The van der Waals surface area contributed by atoms with Crippen LogP contribution in [0.15, 0.2) is 66.7 Å². The Morgan fingerprint density at radius 1 is 1.07 bits per heavy atom. The monoisotopic (exact) mass is 590 g/mol. The van der Waals surface area contributed by atoms with Gasteiger partial charge in [-0.05, 0) is 54.7 Å². The van der Waals surface area contributed by atoms with E-state index < -0.39 is 30.0 Å². The van der Waals surface area contributed by atoms with E-state index in [4.69, 9.17) is 5.73 Å². The summed E-state index contributed by atoms with van der Waals surface area (Å²) in [5, 5.41) is 27.5. The summed E-state index contributed by atoms with van der Waals surface area (Å²) >= 11 is 1.43. The van der Waals surface area contributed by atoms with Gasteiger partial charge in [0.05, 0.1) is 11.9 Å². The van der Waals surface area contributed by atoms with Gasteiger partial charge in [0.15, 0.2) is 6.10 Å². The van der Waals surface area contributed by atoms with Crippen molar-refractivity contribution in [2.45, 2.75) is 57.8 Å². The quantitative estimate of drug-likeness (QED) is 0.216. The number of hydrogen-bond donors (Lipinski definition) is 5. The second-order valence-electron chi connectivity index (χ2n) is 10.4. The van der Waals surface area contributed by atoms with Crippen molar-refractivity contribution in [3.8, 4) is 5.75 Å². The summed E-state index contributed by atoms with van der Waals surface area (Å²) in [6.45, 7) is 4.10. The average Bonchev–Trinajstić information content (AvgIpc) is 3.48. The minimum absolute atomic E-state index is 0.0251. The zero-order valence-corrected chi connectivity index (χ0v) is 24.7. The number of anilines is 1. The number of carbonyl (C=O) groups is 3. The molecule has 9 nitrogen and oxygen atoms in total. The van der Waals surface area contributed by atoms with Gasteiger partial charge in [-0.15, -0.1) is 11.8 Å². The second-order valence-corrected chi connectivity index (χ2v) is 11.4. The van der Waals surface area contributed by atoms with Gasteiger partial charge >= 0.3 is 0 Å². The third-order valence-corrected chi connectivity index (χ3v) is 8.57. The number of benzene rings is 3. The number of nitrogens with two attached hydrogens (primary N) is 1. The third-order valence-electron chi connectivity index (χ3n) is 7.55. The summed E-state index contributed by atoms with van der Waals surface area (Å²) < 4.78 is 0. The molecule has 1 aliphatic rings.